The van der Waals surface area contributed by atoms with E-state index in [1.54, 1.807) is 7.11 Å². The van der Waals surface area contributed by atoms with Crippen LogP contribution in [-0.4, -0.2) is 24.9 Å². The molecule has 0 amide bonds. The fourth-order valence-corrected chi connectivity index (χ4v) is 0.838. The van der Waals surface area contributed by atoms with E-state index in [0.717, 1.165) is 25.7 Å². The van der Waals surface area contributed by atoms with Crippen LogP contribution in [0.25, 0.3) is 0 Å². The SMILES string of the molecule is CCCCC(O)CCOC. The van der Waals surface area contributed by atoms with E-state index in [0.29, 0.717) is 6.61 Å². The molecule has 62 valence electrons. The average Bonchev–Trinajstić information content (AvgIpc) is 1.97. The maximum absolute atomic E-state index is 9.23. The molecule has 10 heavy (non-hydrogen) atoms. The minimum Gasteiger partial charge on any atom is -0.393 e. The predicted molar refractivity (Wildman–Crippen MR) is 42.0 cm³/mol. The first-order valence-corrected chi connectivity index (χ1v) is 3.98. The van der Waals surface area contributed by atoms with Gasteiger partial charge in [0, 0.05) is 13.7 Å². The Bertz CT molecular complexity index is 56.3. The molecule has 1 unspecified atom stereocenters. The summed E-state index contributed by atoms with van der Waals surface area (Å²) >= 11 is 0. The second kappa shape index (κ2) is 7.03. The molecule has 0 aliphatic carbocycles. The lowest BCUT2D eigenvalue weighted by atomic mass is 10.1. The molecule has 2 nitrogen and oxygen atoms in total. The molecule has 1 N–H and O–H groups in total. The Labute approximate surface area is 63.2 Å². The summed E-state index contributed by atoms with van der Waals surface area (Å²) < 4.78 is 4.83. The van der Waals surface area contributed by atoms with Crippen LogP contribution in [0.4, 0.5) is 0 Å². The molecule has 1 atom stereocenters. The van der Waals surface area contributed by atoms with E-state index in [1.165, 1.54) is 0 Å². The summed E-state index contributed by atoms with van der Waals surface area (Å²) in [6.45, 7) is 2.80. The van der Waals surface area contributed by atoms with Crippen LogP contribution in [0.5, 0.6) is 0 Å². The van der Waals surface area contributed by atoms with Gasteiger partial charge in [0.1, 0.15) is 0 Å². The highest BCUT2D eigenvalue weighted by atomic mass is 16.5. The van der Waals surface area contributed by atoms with Crippen LogP contribution >= 0.6 is 0 Å². The van der Waals surface area contributed by atoms with Crippen LogP contribution < -0.4 is 0 Å². The highest BCUT2D eigenvalue weighted by Gasteiger charge is 2.01. The highest BCUT2D eigenvalue weighted by molar-refractivity contribution is 4.53. The van der Waals surface area contributed by atoms with Gasteiger partial charge in [-0.3, -0.25) is 0 Å². The number of hydrogen-bond donors (Lipinski definition) is 1. The molecule has 0 aromatic carbocycles. The van der Waals surface area contributed by atoms with Gasteiger partial charge < -0.3 is 9.84 Å². The smallest absolute Gasteiger partial charge is 0.0562 e. The van der Waals surface area contributed by atoms with Gasteiger partial charge in [0.25, 0.3) is 0 Å². The minimum absolute atomic E-state index is 0.153. The van der Waals surface area contributed by atoms with Crippen LogP contribution in [-0.2, 0) is 4.74 Å². The van der Waals surface area contributed by atoms with Crippen molar-refractivity contribution in [2.24, 2.45) is 0 Å². The van der Waals surface area contributed by atoms with Gasteiger partial charge in [0.2, 0.25) is 0 Å². The first-order valence-electron chi connectivity index (χ1n) is 3.98. The van der Waals surface area contributed by atoms with E-state index < -0.39 is 0 Å². The van der Waals surface area contributed by atoms with Gasteiger partial charge in [0.05, 0.1) is 6.10 Å². The molecule has 2 heteroatoms. The van der Waals surface area contributed by atoms with Gasteiger partial charge in [-0.15, -0.1) is 0 Å². The van der Waals surface area contributed by atoms with Crippen molar-refractivity contribution >= 4 is 0 Å². The molecule has 0 heterocycles. The van der Waals surface area contributed by atoms with E-state index in [1.807, 2.05) is 0 Å². The summed E-state index contributed by atoms with van der Waals surface area (Å²) in [5, 5.41) is 9.23. The molecule has 0 aliphatic heterocycles. The largest absolute Gasteiger partial charge is 0.393 e. The number of aliphatic hydroxyl groups is 1. The summed E-state index contributed by atoms with van der Waals surface area (Å²) in [6, 6.07) is 0. The van der Waals surface area contributed by atoms with Crippen molar-refractivity contribution in [3.8, 4) is 0 Å². The van der Waals surface area contributed by atoms with Crippen LogP contribution in [0.15, 0.2) is 0 Å². The summed E-state index contributed by atoms with van der Waals surface area (Å²) in [4.78, 5) is 0. The summed E-state index contributed by atoms with van der Waals surface area (Å²) in [5.41, 5.74) is 0. The van der Waals surface area contributed by atoms with Crippen molar-refractivity contribution in [1.82, 2.24) is 0 Å². The molecule has 0 saturated heterocycles. The van der Waals surface area contributed by atoms with Crippen molar-refractivity contribution in [1.29, 1.82) is 0 Å². The van der Waals surface area contributed by atoms with Crippen LogP contribution in [0, 0.1) is 0 Å². The Kier molecular flexibility index (Phi) is 6.98. The van der Waals surface area contributed by atoms with Crippen molar-refractivity contribution in [3.05, 3.63) is 0 Å². The van der Waals surface area contributed by atoms with E-state index in [9.17, 15) is 5.11 Å². The van der Waals surface area contributed by atoms with Crippen molar-refractivity contribution in [2.45, 2.75) is 38.7 Å². The minimum atomic E-state index is -0.153. The molecule has 0 spiro atoms. The van der Waals surface area contributed by atoms with Crippen LogP contribution in [0.1, 0.15) is 32.6 Å². The molecule has 0 rings (SSSR count). The Hall–Kier alpha value is -0.0800. The van der Waals surface area contributed by atoms with Gasteiger partial charge >= 0.3 is 0 Å². The zero-order chi connectivity index (χ0) is 7.82. The van der Waals surface area contributed by atoms with Gasteiger partial charge in [-0.1, -0.05) is 19.8 Å². The molecule has 0 aliphatic rings. The molecule has 0 aromatic rings. The van der Waals surface area contributed by atoms with E-state index in [4.69, 9.17) is 4.74 Å². The van der Waals surface area contributed by atoms with Crippen LogP contribution in [0.3, 0.4) is 0 Å². The topological polar surface area (TPSA) is 29.5 Å². The zero-order valence-electron chi connectivity index (χ0n) is 6.97. The van der Waals surface area contributed by atoms with E-state index >= 15 is 0 Å². The third-order valence-corrected chi connectivity index (χ3v) is 1.55. The normalized spacial score (nSPS) is 13.5. The second-order valence-corrected chi connectivity index (χ2v) is 2.58. The Balaban J connectivity index is 3.00. The van der Waals surface area contributed by atoms with E-state index in [-0.39, 0.29) is 6.10 Å². The number of hydrogen-bond acceptors (Lipinski definition) is 2. The third-order valence-electron chi connectivity index (χ3n) is 1.55. The molecule has 0 aromatic heterocycles. The fraction of sp³-hybridized carbons (Fsp3) is 1.00. The average molecular weight is 146 g/mol. The molecule has 0 saturated carbocycles. The molecular weight excluding hydrogens is 128 g/mol. The third kappa shape index (κ3) is 6.05. The predicted octanol–water partition coefficient (Wildman–Crippen LogP) is 1.57. The lowest BCUT2D eigenvalue weighted by Gasteiger charge is -2.07. The number of aliphatic hydroxyl groups excluding tert-OH is 1. The standard InChI is InChI=1S/C8H18O2/c1-3-4-5-8(9)6-7-10-2/h8-9H,3-7H2,1-2H3. The van der Waals surface area contributed by atoms with Gasteiger partial charge in [0.15, 0.2) is 0 Å². The lowest BCUT2D eigenvalue weighted by molar-refractivity contribution is 0.102. The zero-order valence-corrected chi connectivity index (χ0v) is 6.97. The molecule has 0 radical (unpaired) electrons. The van der Waals surface area contributed by atoms with Gasteiger partial charge in [-0.2, -0.15) is 0 Å². The van der Waals surface area contributed by atoms with Crippen molar-refractivity contribution in [3.63, 3.8) is 0 Å². The summed E-state index contributed by atoms with van der Waals surface area (Å²) in [7, 11) is 1.66. The molecule has 0 bridgehead atoms. The monoisotopic (exact) mass is 146 g/mol. The van der Waals surface area contributed by atoms with Crippen LogP contribution in [0.2, 0.25) is 0 Å². The first kappa shape index (κ1) is 9.92. The lowest BCUT2D eigenvalue weighted by Crippen LogP contribution is -2.09. The highest BCUT2D eigenvalue weighted by Crippen LogP contribution is 2.03. The Morgan fingerprint density at radius 2 is 2.10 bits per heavy atom. The number of rotatable bonds is 6. The molecule has 0 fully saturated rings. The Morgan fingerprint density at radius 1 is 1.40 bits per heavy atom. The maximum Gasteiger partial charge on any atom is 0.0562 e. The van der Waals surface area contributed by atoms with Crippen molar-refractivity contribution < 1.29 is 9.84 Å². The van der Waals surface area contributed by atoms with E-state index in [2.05, 4.69) is 6.92 Å². The van der Waals surface area contributed by atoms with Gasteiger partial charge in [-0.05, 0) is 12.8 Å². The Morgan fingerprint density at radius 3 is 2.60 bits per heavy atom. The second-order valence-electron chi connectivity index (χ2n) is 2.58. The number of methoxy groups -OCH3 is 1. The summed E-state index contributed by atoms with van der Waals surface area (Å²) in [5.74, 6) is 0. The maximum atomic E-state index is 9.23. The van der Waals surface area contributed by atoms with Gasteiger partial charge in [-0.25, -0.2) is 0 Å². The first-order chi connectivity index (χ1) is 4.81. The quantitative estimate of drug-likeness (QED) is 0.616. The fourth-order valence-electron chi connectivity index (χ4n) is 0.838. The number of unbranched alkanes of at least 4 members (excludes halogenated alkanes) is 1. The molecular formula is C8H18O2. The number of ether oxygens (including phenoxy) is 1. The summed E-state index contributed by atoms with van der Waals surface area (Å²) in [6.07, 6.45) is 3.81. The van der Waals surface area contributed by atoms with Crippen molar-refractivity contribution in [2.75, 3.05) is 13.7 Å².